The fraction of sp³-hybridized carbons (Fsp3) is 0.452. The highest BCUT2D eigenvalue weighted by Gasteiger charge is 2.54. The molecule has 0 bridgehead atoms. The average Bonchev–Trinajstić information content (AvgIpc) is 3.70. The number of fused-ring (bicyclic) bond motifs is 1. The monoisotopic (exact) mass is 624 g/mol. The number of hydrogen-bond donors (Lipinski definition) is 1. The minimum absolute atomic E-state index is 0.0323. The third-order valence-electron chi connectivity index (χ3n) is 8.86. The van der Waals surface area contributed by atoms with Gasteiger partial charge in [0.25, 0.3) is 8.53 Å². The van der Waals surface area contributed by atoms with Gasteiger partial charge in [-0.15, -0.1) is 0 Å². The molecule has 6 rings (SSSR count). The molecule has 228 valence electrons. The van der Waals surface area contributed by atoms with Gasteiger partial charge < -0.3 is 19.1 Å². The summed E-state index contributed by atoms with van der Waals surface area (Å²) in [5, 5.41) is 5.19. The third kappa shape index (κ3) is 5.99. The number of amides is 1. The number of halogens is 1. The van der Waals surface area contributed by atoms with Crippen molar-refractivity contribution in [2.75, 3.05) is 11.9 Å². The summed E-state index contributed by atoms with van der Waals surface area (Å²) >= 11 is 0. The van der Waals surface area contributed by atoms with Crippen LogP contribution in [0.25, 0.3) is 0 Å². The quantitative estimate of drug-likeness (QED) is 0.282. The van der Waals surface area contributed by atoms with E-state index >= 15 is 4.39 Å². The Kier molecular flexibility index (Phi) is 8.91. The number of aromatic nitrogens is 2. The van der Waals surface area contributed by atoms with Gasteiger partial charge in [-0.05, 0) is 31.4 Å². The number of nitrogens with one attached hydrogen (secondary N) is 1. The number of hydrogen-bond acceptors (Lipinski definition) is 7. The molecule has 3 fully saturated rings. The van der Waals surface area contributed by atoms with Crippen LogP contribution in [-0.2, 0) is 18.6 Å². The van der Waals surface area contributed by atoms with Crippen molar-refractivity contribution >= 4 is 38.7 Å². The van der Waals surface area contributed by atoms with Crippen molar-refractivity contribution in [1.82, 2.24) is 14.2 Å². The number of carbonyl (C=O) groups is 1. The third-order valence-corrected chi connectivity index (χ3v) is 15.1. The lowest BCUT2D eigenvalue weighted by Crippen LogP contribution is -2.58. The van der Waals surface area contributed by atoms with Crippen LogP contribution in [0.2, 0.25) is 12.6 Å². The van der Waals surface area contributed by atoms with Crippen molar-refractivity contribution in [2.24, 2.45) is 0 Å². The summed E-state index contributed by atoms with van der Waals surface area (Å²) in [7, 11) is -3.69. The van der Waals surface area contributed by atoms with Gasteiger partial charge in [0.2, 0.25) is 5.91 Å². The molecule has 3 aliphatic rings. The van der Waals surface area contributed by atoms with E-state index in [1.807, 2.05) is 6.92 Å². The van der Waals surface area contributed by atoms with E-state index in [0.717, 1.165) is 30.0 Å². The highest BCUT2D eigenvalue weighted by Crippen LogP contribution is 2.59. The van der Waals surface area contributed by atoms with Crippen LogP contribution in [0.4, 0.5) is 10.2 Å². The lowest BCUT2D eigenvalue weighted by atomic mass is 10.1. The molecule has 3 saturated heterocycles. The van der Waals surface area contributed by atoms with Crippen LogP contribution in [-0.4, -0.2) is 65.3 Å². The first-order valence-electron chi connectivity index (χ1n) is 15.0. The standard InChI is InChI=1S/C31H38FN4O5PSi/c1-4-25-29(28(32)30(39-25)35-19-17-27(33-21(2)37)34-31(35)38)41-42-36-18-11-16-24(36)26(40-42)20-43(3,22-12-7-5-8-13-22)23-14-9-6-10-15-23/h5-10,12-15,17,19,24-26,28-30H,4,11,16,18,20H2,1-3H3,(H,33,34,37,38)/t24-,25-,26+,28?,29+,30-,42+/m1/s1. The number of rotatable bonds is 9. The van der Waals surface area contributed by atoms with Crippen LogP contribution in [0.5, 0.6) is 0 Å². The van der Waals surface area contributed by atoms with Crippen molar-refractivity contribution < 1.29 is 23.0 Å². The van der Waals surface area contributed by atoms with Crippen LogP contribution in [0, 0.1) is 0 Å². The maximum atomic E-state index is 16.1. The molecule has 1 N–H and O–H groups in total. The molecule has 0 spiro atoms. The maximum absolute atomic E-state index is 16.1. The first-order chi connectivity index (χ1) is 20.8. The molecule has 1 amide bonds. The minimum Gasteiger partial charge on any atom is -0.349 e. The van der Waals surface area contributed by atoms with Crippen LogP contribution >= 0.6 is 8.53 Å². The van der Waals surface area contributed by atoms with Gasteiger partial charge in [-0.3, -0.25) is 9.36 Å². The summed E-state index contributed by atoms with van der Waals surface area (Å²) in [6.45, 7) is 6.50. The minimum atomic E-state index is -2.18. The number of benzene rings is 2. The summed E-state index contributed by atoms with van der Waals surface area (Å²) in [6.07, 6.45) is -0.295. The molecule has 3 aliphatic heterocycles. The van der Waals surface area contributed by atoms with Crippen molar-refractivity contribution in [3.8, 4) is 0 Å². The molecule has 4 heterocycles. The van der Waals surface area contributed by atoms with Gasteiger partial charge in [-0.25, -0.2) is 13.9 Å². The predicted octanol–water partition coefficient (Wildman–Crippen LogP) is 4.22. The van der Waals surface area contributed by atoms with E-state index in [1.54, 1.807) is 0 Å². The predicted molar refractivity (Wildman–Crippen MR) is 167 cm³/mol. The van der Waals surface area contributed by atoms with E-state index < -0.39 is 46.9 Å². The Morgan fingerprint density at radius 1 is 1.12 bits per heavy atom. The lowest BCUT2D eigenvalue weighted by Gasteiger charge is -2.32. The Balaban J connectivity index is 1.22. The summed E-state index contributed by atoms with van der Waals surface area (Å²) in [5.41, 5.74) is -0.706. The second-order valence-electron chi connectivity index (χ2n) is 11.7. The maximum Gasteiger partial charge on any atom is 0.351 e. The van der Waals surface area contributed by atoms with E-state index in [2.05, 4.69) is 82.2 Å². The molecule has 1 unspecified atom stereocenters. The summed E-state index contributed by atoms with van der Waals surface area (Å²) in [5.74, 6) is -0.241. The zero-order valence-electron chi connectivity index (χ0n) is 24.6. The SMILES string of the molecule is CC[C@H]1O[C@@H](n2ccc(NC(C)=O)nc2=O)C(F)[C@H]1O[P@]1O[C@@H](C[Si](C)(c2ccccc2)c2ccccc2)[C@H]2CCCN21. The Labute approximate surface area is 253 Å². The average molecular weight is 625 g/mol. The second kappa shape index (κ2) is 12.7. The van der Waals surface area contributed by atoms with E-state index in [-0.39, 0.29) is 23.9 Å². The fourth-order valence-corrected chi connectivity index (χ4v) is 12.6. The molecule has 3 aromatic rings. The van der Waals surface area contributed by atoms with Crippen molar-refractivity contribution in [2.45, 2.75) is 82.5 Å². The molecule has 0 saturated carbocycles. The van der Waals surface area contributed by atoms with Crippen molar-refractivity contribution in [3.05, 3.63) is 83.4 Å². The van der Waals surface area contributed by atoms with E-state index in [4.69, 9.17) is 13.8 Å². The molecule has 12 heteroatoms. The first kappa shape index (κ1) is 30.2. The van der Waals surface area contributed by atoms with Crippen molar-refractivity contribution in [3.63, 3.8) is 0 Å². The van der Waals surface area contributed by atoms with Crippen molar-refractivity contribution in [1.29, 1.82) is 0 Å². The summed E-state index contributed by atoms with van der Waals surface area (Å²) in [6, 6.07) is 24.0. The Bertz CT molecular complexity index is 1440. The molecule has 9 nitrogen and oxygen atoms in total. The van der Waals surface area contributed by atoms with E-state index in [1.165, 1.54) is 29.6 Å². The fourth-order valence-electron chi connectivity index (χ4n) is 6.61. The topological polar surface area (TPSA) is 94.9 Å². The normalized spacial score (nSPS) is 29.1. The van der Waals surface area contributed by atoms with Gasteiger partial charge >= 0.3 is 5.69 Å². The van der Waals surface area contributed by atoms with Crippen LogP contribution in [0.1, 0.15) is 39.3 Å². The largest absolute Gasteiger partial charge is 0.351 e. The summed E-state index contributed by atoms with van der Waals surface area (Å²) in [4.78, 5) is 28.0. The van der Waals surface area contributed by atoms with Gasteiger partial charge in [0.1, 0.15) is 20.0 Å². The zero-order valence-corrected chi connectivity index (χ0v) is 26.5. The van der Waals surface area contributed by atoms with Crippen LogP contribution < -0.4 is 21.4 Å². The molecule has 0 radical (unpaired) electrons. The molecule has 1 aromatic heterocycles. The van der Waals surface area contributed by atoms with Gasteiger partial charge in [-0.2, -0.15) is 4.98 Å². The van der Waals surface area contributed by atoms with Gasteiger partial charge in [-0.1, -0.05) is 84.5 Å². The highest BCUT2D eigenvalue weighted by atomic mass is 31.2. The zero-order chi connectivity index (χ0) is 30.1. The number of carbonyl (C=O) groups excluding carboxylic acids is 1. The molecular weight excluding hydrogens is 586 g/mol. The Hall–Kier alpha value is -2.79. The van der Waals surface area contributed by atoms with Crippen LogP contribution in [0.15, 0.2) is 77.7 Å². The number of nitrogens with zero attached hydrogens (tertiary/aromatic N) is 3. The van der Waals surface area contributed by atoms with Gasteiger partial charge in [0, 0.05) is 25.7 Å². The molecular formula is C31H38FN4O5PSi. The number of anilines is 1. The molecule has 7 atom stereocenters. The first-order valence-corrected chi connectivity index (χ1v) is 18.8. The van der Waals surface area contributed by atoms with Crippen LogP contribution in [0.3, 0.4) is 0 Å². The van der Waals surface area contributed by atoms with E-state index in [0.29, 0.717) is 6.42 Å². The Morgan fingerprint density at radius 3 is 2.40 bits per heavy atom. The van der Waals surface area contributed by atoms with E-state index in [9.17, 15) is 9.59 Å². The number of ether oxygens (including phenoxy) is 1. The molecule has 43 heavy (non-hydrogen) atoms. The number of alkyl halides is 1. The van der Waals surface area contributed by atoms with Gasteiger partial charge in [0.05, 0.1) is 12.2 Å². The smallest absolute Gasteiger partial charge is 0.349 e. The lowest BCUT2D eigenvalue weighted by molar-refractivity contribution is -0.114. The summed E-state index contributed by atoms with van der Waals surface area (Å²) < 4.78 is 38.8. The molecule has 0 aliphatic carbocycles. The van der Waals surface area contributed by atoms with Gasteiger partial charge in [0.15, 0.2) is 12.4 Å². The highest BCUT2D eigenvalue weighted by molar-refractivity contribution is 7.45. The molecule has 2 aromatic carbocycles. The Morgan fingerprint density at radius 2 is 1.79 bits per heavy atom. The second-order valence-corrected chi connectivity index (χ2v) is 17.3.